The van der Waals surface area contributed by atoms with Gasteiger partial charge in [0.05, 0.1) is 13.2 Å². The molecular formula is C21H20N2O2. The maximum Gasteiger partial charge on any atom is 0.210 e. The van der Waals surface area contributed by atoms with E-state index >= 15 is 0 Å². The van der Waals surface area contributed by atoms with Gasteiger partial charge in [0, 0.05) is 23.6 Å². The second-order valence-electron chi connectivity index (χ2n) is 6.25. The Labute approximate surface area is 146 Å². The van der Waals surface area contributed by atoms with Crippen LogP contribution in [-0.2, 0) is 11.2 Å². The number of aromatic amines is 1. The van der Waals surface area contributed by atoms with Gasteiger partial charge >= 0.3 is 0 Å². The lowest BCUT2D eigenvalue weighted by Gasteiger charge is -2.32. The molecule has 0 fully saturated rings. The zero-order valence-corrected chi connectivity index (χ0v) is 14.1. The Bertz CT molecular complexity index is 942. The van der Waals surface area contributed by atoms with Gasteiger partial charge in [0.25, 0.3) is 0 Å². The quantitative estimate of drug-likeness (QED) is 0.735. The maximum atomic E-state index is 11.5. The van der Waals surface area contributed by atoms with Crippen molar-refractivity contribution in [1.82, 2.24) is 9.88 Å². The van der Waals surface area contributed by atoms with Crippen molar-refractivity contribution in [2.75, 3.05) is 13.7 Å². The zero-order valence-electron chi connectivity index (χ0n) is 14.1. The fraction of sp³-hybridized carbons (Fsp3) is 0.190. The number of aromatic nitrogens is 1. The Balaban J connectivity index is 1.72. The monoisotopic (exact) mass is 332 g/mol. The SMILES string of the molecule is COc1ccc2[nH]cc(C=CC3c4ccccc4CCN3C=O)c2c1. The largest absolute Gasteiger partial charge is 0.497 e. The van der Waals surface area contributed by atoms with Crippen molar-refractivity contribution in [3.8, 4) is 5.75 Å². The number of rotatable bonds is 4. The van der Waals surface area contributed by atoms with E-state index in [9.17, 15) is 4.79 Å². The molecule has 3 aromatic rings. The normalized spacial score (nSPS) is 17.0. The molecule has 0 bridgehead atoms. The average Bonchev–Trinajstić information content (AvgIpc) is 3.08. The summed E-state index contributed by atoms with van der Waals surface area (Å²) >= 11 is 0. The molecule has 4 nitrogen and oxygen atoms in total. The molecule has 0 spiro atoms. The summed E-state index contributed by atoms with van der Waals surface area (Å²) in [6, 6.07) is 14.3. The molecule has 1 atom stereocenters. The van der Waals surface area contributed by atoms with E-state index in [-0.39, 0.29) is 6.04 Å². The van der Waals surface area contributed by atoms with Gasteiger partial charge in [-0.05, 0) is 41.3 Å². The van der Waals surface area contributed by atoms with E-state index in [2.05, 4.69) is 35.3 Å². The van der Waals surface area contributed by atoms with E-state index in [1.807, 2.05) is 35.4 Å². The summed E-state index contributed by atoms with van der Waals surface area (Å²) in [6.45, 7) is 0.747. The molecule has 2 heterocycles. The summed E-state index contributed by atoms with van der Waals surface area (Å²) in [7, 11) is 1.67. The first-order chi connectivity index (χ1) is 12.3. The fourth-order valence-electron chi connectivity index (χ4n) is 3.53. The second-order valence-corrected chi connectivity index (χ2v) is 6.25. The van der Waals surface area contributed by atoms with Crippen molar-refractivity contribution < 1.29 is 9.53 Å². The number of hydrogen-bond donors (Lipinski definition) is 1. The van der Waals surface area contributed by atoms with Gasteiger partial charge in [-0.2, -0.15) is 0 Å². The number of nitrogens with one attached hydrogen (secondary N) is 1. The Morgan fingerprint density at radius 1 is 1.24 bits per heavy atom. The van der Waals surface area contributed by atoms with Crippen LogP contribution < -0.4 is 4.74 Å². The van der Waals surface area contributed by atoms with Crippen LogP contribution in [0.2, 0.25) is 0 Å². The number of ether oxygens (including phenoxy) is 1. The Morgan fingerprint density at radius 3 is 2.96 bits per heavy atom. The van der Waals surface area contributed by atoms with Gasteiger partial charge in [-0.1, -0.05) is 36.4 Å². The summed E-state index contributed by atoms with van der Waals surface area (Å²) in [4.78, 5) is 16.6. The number of nitrogens with zero attached hydrogens (tertiary/aromatic N) is 1. The van der Waals surface area contributed by atoms with Gasteiger partial charge in [0.15, 0.2) is 0 Å². The molecule has 0 saturated carbocycles. The van der Waals surface area contributed by atoms with Crippen molar-refractivity contribution >= 4 is 23.4 Å². The van der Waals surface area contributed by atoms with Crippen molar-refractivity contribution in [3.05, 3.63) is 71.4 Å². The smallest absolute Gasteiger partial charge is 0.210 e. The highest BCUT2D eigenvalue weighted by molar-refractivity contribution is 5.90. The highest BCUT2D eigenvalue weighted by Gasteiger charge is 2.23. The van der Waals surface area contributed by atoms with Crippen LogP contribution in [0.3, 0.4) is 0 Å². The maximum absolute atomic E-state index is 11.5. The minimum absolute atomic E-state index is 0.0296. The molecule has 4 heteroatoms. The van der Waals surface area contributed by atoms with Gasteiger partial charge in [-0.15, -0.1) is 0 Å². The number of hydrogen-bond acceptors (Lipinski definition) is 2. The summed E-state index contributed by atoms with van der Waals surface area (Å²) in [6.07, 6.45) is 8.03. The van der Waals surface area contributed by atoms with Gasteiger partial charge in [0.2, 0.25) is 6.41 Å². The summed E-state index contributed by atoms with van der Waals surface area (Å²) in [5.74, 6) is 0.833. The molecule has 1 unspecified atom stereocenters. The van der Waals surface area contributed by atoms with Gasteiger partial charge in [-0.25, -0.2) is 0 Å². The molecule has 0 saturated heterocycles. The number of carbonyl (C=O) groups is 1. The molecular weight excluding hydrogens is 312 g/mol. The van der Waals surface area contributed by atoms with Crippen molar-refractivity contribution in [1.29, 1.82) is 0 Å². The first-order valence-corrected chi connectivity index (χ1v) is 8.42. The lowest BCUT2D eigenvalue weighted by atomic mass is 9.92. The number of carbonyl (C=O) groups excluding carboxylic acids is 1. The summed E-state index contributed by atoms with van der Waals surface area (Å²) < 4.78 is 5.33. The molecule has 1 amide bonds. The number of amides is 1. The lowest BCUT2D eigenvalue weighted by Crippen LogP contribution is -2.33. The van der Waals surface area contributed by atoms with E-state index in [0.29, 0.717) is 0 Å². The zero-order chi connectivity index (χ0) is 17.2. The molecule has 2 aromatic carbocycles. The van der Waals surface area contributed by atoms with E-state index in [1.165, 1.54) is 11.1 Å². The molecule has 126 valence electrons. The Morgan fingerprint density at radius 2 is 2.12 bits per heavy atom. The minimum atomic E-state index is -0.0296. The average molecular weight is 332 g/mol. The van der Waals surface area contributed by atoms with Crippen LogP contribution in [0.4, 0.5) is 0 Å². The topological polar surface area (TPSA) is 45.3 Å². The predicted octanol–water partition coefficient (Wildman–Crippen LogP) is 3.95. The minimum Gasteiger partial charge on any atom is -0.497 e. The summed E-state index contributed by atoms with van der Waals surface area (Å²) in [5.41, 5.74) is 4.67. The lowest BCUT2D eigenvalue weighted by molar-refractivity contribution is -0.119. The van der Waals surface area contributed by atoms with Crippen molar-refractivity contribution in [3.63, 3.8) is 0 Å². The fourth-order valence-corrected chi connectivity index (χ4v) is 3.53. The van der Waals surface area contributed by atoms with Crippen LogP contribution in [0.5, 0.6) is 5.75 Å². The van der Waals surface area contributed by atoms with Crippen LogP contribution >= 0.6 is 0 Å². The van der Waals surface area contributed by atoms with Crippen LogP contribution in [-0.4, -0.2) is 29.9 Å². The Kier molecular flexibility index (Phi) is 4.02. The molecule has 1 N–H and O–H groups in total. The predicted molar refractivity (Wildman–Crippen MR) is 99.5 cm³/mol. The highest BCUT2D eigenvalue weighted by Crippen LogP contribution is 2.31. The number of fused-ring (bicyclic) bond motifs is 2. The van der Waals surface area contributed by atoms with Crippen LogP contribution in [0.1, 0.15) is 22.7 Å². The highest BCUT2D eigenvalue weighted by atomic mass is 16.5. The number of methoxy groups -OCH3 is 1. The van der Waals surface area contributed by atoms with Crippen LogP contribution in [0.25, 0.3) is 17.0 Å². The van der Waals surface area contributed by atoms with E-state index < -0.39 is 0 Å². The molecule has 1 aromatic heterocycles. The van der Waals surface area contributed by atoms with E-state index in [0.717, 1.165) is 41.6 Å². The van der Waals surface area contributed by atoms with Gasteiger partial charge < -0.3 is 14.6 Å². The number of benzene rings is 2. The first-order valence-electron chi connectivity index (χ1n) is 8.42. The summed E-state index contributed by atoms with van der Waals surface area (Å²) in [5, 5.41) is 1.11. The molecule has 4 rings (SSSR count). The third-order valence-electron chi connectivity index (χ3n) is 4.88. The first kappa shape index (κ1) is 15.5. The molecule has 0 radical (unpaired) electrons. The van der Waals surface area contributed by atoms with Crippen LogP contribution in [0.15, 0.2) is 54.7 Å². The standard InChI is InChI=1S/C21H20N2O2/c1-25-17-7-8-20-19(12-17)16(13-22-20)6-9-21-18-5-3-2-4-15(18)10-11-23(21)14-24/h2-9,12-14,21-22H,10-11H2,1H3. The van der Waals surface area contributed by atoms with Crippen molar-refractivity contribution in [2.24, 2.45) is 0 Å². The second kappa shape index (κ2) is 6.48. The van der Waals surface area contributed by atoms with Gasteiger partial charge in [-0.3, -0.25) is 4.79 Å². The number of H-pyrrole nitrogens is 1. The molecule has 1 aliphatic rings. The molecule has 25 heavy (non-hydrogen) atoms. The molecule has 0 aliphatic carbocycles. The Hall–Kier alpha value is -3.01. The third kappa shape index (κ3) is 2.80. The van der Waals surface area contributed by atoms with Crippen molar-refractivity contribution in [2.45, 2.75) is 12.5 Å². The van der Waals surface area contributed by atoms with E-state index in [1.54, 1.807) is 7.11 Å². The third-order valence-corrected chi connectivity index (χ3v) is 4.88. The van der Waals surface area contributed by atoms with Crippen LogP contribution in [0, 0.1) is 0 Å². The molecule has 1 aliphatic heterocycles. The van der Waals surface area contributed by atoms with E-state index in [4.69, 9.17) is 4.74 Å². The van der Waals surface area contributed by atoms with Gasteiger partial charge in [0.1, 0.15) is 5.75 Å².